The van der Waals surface area contributed by atoms with Gasteiger partial charge in [-0.1, -0.05) is 36.4 Å². The van der Waals surface area contributed by atoms with Crippen molar-refractivity contribution in [3.63, 3.8) is 0 Å². The molecular weight excluding hydrogens is 348 g/mol. The third kappa shape index (κ3) is 3.86. The summed E-state index contributed by atoms with van der Waals surface area (Å²) in [7, 11) is 0. The quantitative estimate of drug-likeness (QED) is 0.737. The summed E-state index contributed by atoms with van der Waals surface area (Å²) in [5.41, 5.74) is 2.96. The number of nitrogens with one attached hydrogen (secondary N) is 1. The number of carbonyl (C=O) groups excluding carboxylic acids is 1. The van der Waals surface area contributed by atoms with Gasteiger partial charge in [0.2, 0.25) is 5.91 Å². The minimum absolute atomic E-state index is 0.0474. The molecule has 1 aliphatic rings. The highest BCUT2D eigenvalue weighted by Crippen LogP contribution is 2.31. The van der Waals surface area contributed by atoms with Gasteiger partial charge in [0.05, 0.1) is 5.69 Å². The lowest BCUT2D eigenvalue weighted by Crippen LogP contribution is -2.15. The summed E-state index contributed by atoms with van der Waals surface area (Å²) in [6.07, 6.45) is 1.03. The van der Waals surface area contributed by atoms with Crippen LogP contribution >= 0.6 is 11.3 Å². The number of hydrogen-bond donors (Lipinski definition) is 1. The summed E-state index contributed by atoms with van der Waals surface area (Å²) in [6, 6.07) is 15.7. The van der Waals surface area contributed by atoms with E-state index < -0.39 is 0 Å². The Morgan fingerprint density at radius 1 is 1.08 bits per heavy atom. The fraction of sp³-hybridized carbons (Fsp3) is 0.200. The highest BCUT2D eigenvalue weighted by molar-refractivity contribution is 7.14. The van der Waals surface area contributed by atoms with Gasteiger partial charge in [-0.2, -0.15) is 0 Å². The molecule has 2 heterocycles. The first kappa shape index (κ1) is 16.6. The molecule has 0 fully saturated rings. The lowest BCUT2D eigenvalue weighted by atomic mass is 10.1. The van der Waals surface area contributed by atoms with Crippen molar-refractivity contribution in [1.82, 2.24) is 4.98 Å². The van der Waals surface area contributed by atoms with Crippen molar-refractivity contribution in [2.75, 3.05) is 18.5 Å². The Bertz CT molecular complexity index is 908. The van der Waals surface area contributed by atoms with Crippen LogP contribution in [-0.4, -0.2) is 24.1 Å². The van der Waals surface area contributed by atoms with E-state index in [9.17, 15) is 4.79 Å². The van der Waals surface area contributed by atoms with Gasteiger partial charge in [0.15, 0.2) is 16.6 Å². The third-order valence-corrected chi connectivity index (χ3v) is 4.83. The van der Waals surface area contributed by atoms with Crippen LogP contribution in [0.15, 0.2) is 53.9 Å². The number of nitrogens with zero attached hydrogens (tertiary/aromatic N) is 1. The number of carbonyl (C=O) groups is 1. The van der Waals surface area contributed by atoms with Crippen molar-refractivity contribution in [2.45, 2.75) is 12.8 Å². The van der Waals surface area contributed by atoms with Crippen LogP contribution in [0.2, 0.25) is 0 Å². The predicted octanol–water partition coefficient (Wildman–Crippen LogP) is 4.15. The number of fused-ring (bicyclic) bond motifs is 1. The molecule has 0 spiro atoms. The summed E-state index contributed by atoms with van der Waals surface area (Å²) in [6.45, 7) is 1.14. The monoisotopic (exact) mass is 366 g/mol. The second kappa shape index (κ2) is 7.58. The molecule has 0 radical (unpaired) electrons. The topological polar surface area (TPSA) is 60.5 Å². The number of hydrogen-bond acceptors (Lipinski definition) is 5. The average Bonchev–Trinajstić information content (AvgIpc) is 3.15. The normalized spacial score (nSPS) is 12.6. The number of benzene rings is 2. The number of ether oxygens (including phenoxy) is 2. The Morgan fingerprint density at radius 2 is 1.88 bits per heavy atom. The van der Waals surface area contributed by atoms with E-state index in [1.807, 2.05) is 53.9 Å². The van der Waals surface area contributed by atoms with Gasteiger partial charge in [-0.15, -0.1) is 11.3 Å². The molecule has 0 atom stereocenters. The standard InChI is InChI=1S/C20H18N2O3S/c23-19(9-7-14-6-8-17-18(12-14)25-11-10-24-17)22-20-21-16(13-26-20)15-4-2-1-3-5-15/h1-6,8,12-13H,7,9-11H2,(H,21,22,23). The maximum absolute atomic E-state index is 12.2. The zero-order chi connectivity index (χ0) is 17.8. The maximum Gasteiger partial charge on any atom is 0.226 e. The van der Waals surface area contributed by atoms with Crippen molar-refractivity contribution >= 4 is 22.4 Å². The van der Waals surface area contributed by atoms with E-state index in [1.165, 1.54) is 11.3 Å². The number of amides is 1. The van der Waals surface area contributed by atoms with E-state index in [1.54, 1.807) is 0 Å². The van der Waals surface area contributed by atoms with E-state index in [-0.39, 0.29) is 5.91 Å². The number of rotatable bonds is 5. The van der Waals surface area contributed by atoms with Gasteiger partial charge < -0.3 is 14.8 Å². The minimum Gasteiger partial charge on any atom is -0.486 e. The molecule has 1 N–H and O–H groups in total. The Morgan fingerprint density at radius 3 is 2.73 bits per heavy atom. The molecule has 1 aromatic heterocycles. The van der Waals surface area contributed by atoms with Crippen LogP contribution in [0.3, 0.4) is 0 Å². The molecule has 26 heavy (non-hydrogen) atoms. The number of anilines is 1. The Labute approximate surface area is 155 Å². The van der Waals surface area contributed by atoms with Gasteiger partial charge >= 0.3 is 0 Å². The molecule has 6 heteroatoms. The number of aromatic nitrogens is 1. The molecule has 0 saturated heterocycles. The largest absolute Gasteiger partial charge is 0.486 e. The van der Waals surface area contributed by atoms with Crippen LogP contribution in [0.25, 0.3) is 11.3 Å². The molecule has 0 saturated carbocycles. The van der Waals surface area contributed by atoms with Gasteiger partial charge in [-0.25, -0.2) is 4.98 Å². The summed E-state index contributed by atoms with van der Waals surface area (Å²) in [5, 5.41) is 5.45. The van der Waals surface area contributed by atoms with Gasteiger partial charge in [0, 0.05) is 17.4 Å². The molecular formula is C20H18N2O3S. The summed E-state index contributed by atoms with van der Waals surface area (Å²) >= 11 is 1.43. The van der Waals surface area contributed by atoms with E-state index >= 15 is 0 Å². The van der Waals surface area contributed by atoms with Crippen LogP contribution in [0.1, 0.15) is 12.0 Å². The Balaban J connectivity index is 1.34. The van der Waals surface area contributed by atoms with E-state index in [4.69, 9.17) is 9.47 Å². The van der Waals surface area contributed by atoms with Gasteiger partial charge in [0.25, 0.3) is 0 Å². The van der Waals surface area contributed by atoms with Crippen LogP contribution in [0.4, 0.5) is 5.13 Å². The first-order chi connectivity index (χ1) is 12.8. The van der Waals surface area contributed by atoms with Crippen LogP contribution < -0.4 is 14.8 Å². The fourth-order valence-corrected chi connectivity index (χ4v) is 3.49. The van der Waals surface area contributed by atoms with Crippen LogP contribution in [0.5, 0.6) is 11.5 Å². The summed E-state index contributed by atoms with van der Waals surface area (Å²) < 4.78 is 11.1. The van der Waals surface area contributed by atoms with Crippen molar-refractivity contribution in [3.8, 4) is 22.8 Å². The molecule has 1 amide bonds. The van der Waals surface area contributed by atoms with Gasteiger partial charge in [-0.05, 0) is 24.1 Å². The van der Waals surface area contributed by atoms with Gasteiger partial charge in [0.1, 0.15) is 13.2 Å². The van der Waals surface area contributed by atoms with Crippen LogP contribution in [-0.2, 0) is 11.2 Å². The first-order valence-corrected chi connectivity index (χ1v) is 9.35. The highest BCUT2D eigenvalue weighted by Gasteiger charge is 2.13. The molecule has 0 unspecified atom stereocenters. The molecule has 132 valence electrons. The average molecular weight is 366 g/mol. The Hall–Kier alpha value is -2.86. The lowest BCUT2D eigenvalue weighted by molar-refractivity contribution is -0.116. The lowest BCUT2D eigenvalue weighted by Gasteiger charge is -2.18. The second-order valence-corrected chi connectivity index (χ2v) is 6.79. The SMILES string of the molecule is O=C(CCc1ccc2c(c1)OCCO2)Nc1nc(-c2ccccc2)cs1. The smallest absolute Gasteiger partial charge is 0.226 e. The van der Waals surface area contributed by atoms with E-state index in [0.29, 0.717) is 31.2 Å². The number of aryl methyl sites for hydroxylation is 1. The molecule has 1 aliphatic heterocycles. The fourth-order valence-electron chi connectivity index (χ4n) is 2.76. The van der Waals surface area contributed by atoms with Crippen LogP contribution in [0, 0.1) is 0 Å². The third-order valence-electron chi connectivity index (χ3n) is 4.07. The number of thiazole rings is 1. The first-order valence-electron chi connectivity index (χ1n) is 8.47. The Kier molecular flexibility index (Phi) is 4.84. The van der Waals surface area contributed by atoms with Gasteiger partial charge in [-0.3, -0.25) is 4.79 Å². The van der Waals surface area contributed by atoms with Crippen molar-refractivity contribution in [2.24, 2.45) is 0 Å². The molecule has 0 bridgehead atoms. The molecule has 5 nitrogen and oxygen atoms in total. The minimum atomic E-state index is -0.0474. The maximum atomic E-state index is 12.2. The highest BCUT2D eigenvalue weighted by atomic mass is 32.1. The zero-order valence-electron chi connectivity index (χ0n) is 14.1. The molecule has 3 aromatic rings. The van der Waals surface area contributed by atoms with E-state index in [2.05, 4.69) is 10.3 Å². The van der Waals surface area contributed by atoms with Crippen molar-refractivity contribution in [1.29, 1.82) is 0 Å². The predicted molar refractivity (Wildman–Crippen MR) is 102 cm³/mol. The summed E-state index contributed by atoms with van der Waals surface area (Å²) in [4.78, 5) is 16.7. The van der Waals surface area contributed by atoms with Crippen molar-refractivity contribution < 1.29 is 14.3 Å². The zero-order valence-corrected chi connectivity index (χ0v) is 14.9. The second-order valence-electron chi connectivity index (χ2n) is 5.93. The van der Waals surface area contributed by atoms with Crippen molar-refractivity contribution in [3.05, 3.63) is 59.5 Å². The molecule has 0 aliphatic carbocycles. The van der Waals surface area contributed by atoms with E-state index in [0.717, 1.165) is 28.3 Å². The summed E-state index contributed by atoms with van der Waals surface area (Å²) in [5.74, 6) is 1.47. The molecule has 2 aromatic carbocycles. The molecule has 4 rings (SSSR count).